The number of amides is 1. The van der Waals surface area contributed by atoms with Gasteiger partial charge in [-0.1, -0.05) is 19.2 Å². The molecule has 7 nitrogen and oxygen atoms in total. The van der Waals surface area contributed by atoms with Crippen LogP contribution in [0.4, 0.5) is 0 Å². The number of hydrogen-bond acceptors (Lipinski definition) is 6. The van der Waals surface area contributed by atoms with Crippen molar-refractivity contribution in [2.45, 2.75) is 6.10 Å². The molecule has 1 fully saturated rings. The summed E-state index contributed by atoms with van der Waals surface area (Å²) in [7, 11) is 0. The number of hydrogen-bond donors (Lipinski definition) is 1. The molecule has 132 valence electrons. The number of rotatable bonds is 4. The van der Waals surface area contributed by atoms with E-state index < -0.39 is 0 Å². The highest BCUT2D eigenvalue weighted by Crippen LogP contribution is 1.97. The van der Waals surface area contributed by atoms with Gasteiger partial charge in [0.05, 0.1) is 65.6 Å². The number of carbonyl (C=O) groups is 1. The molecule has 1 aliphatic rings. The SMILES string of the molecule is C=CC(=C)C(=O)NCC1COCCOCCOCCOCCO1. The summed E-state index contributed by atoms with van der Waals surface area (Å²) in [6.07, 6.45) is 1.15. The molecule has 1 aliphatic heterocycles. The minimum atomic E-state index is -0.267. The third-order valence-electron chi connectivity index (χ3n) is 3.03. The van der Waals surface area contributed by atoms with Crippen molar-refractivity contribution in [1.29, 1.82) is 0 Å². The van der Waals surface area contributed by atoms with Gasteiger partial charge in [0.25, 0.3) is 5.91 Å². The first-order chi connectivity index (χ1) is 11.2. The summed E-state index contributed by atoms with van der Waals surface area (Å²) in [5, 5.41) is 2.74. The molecule has 1 rings (SSSR count). The molecule has 0 bridgehead atoms. The van der Waals surface area contributed by atoms with Crippen molar-refractivity contribution in [2.24, 2.45) is 0 Å². The lowest BCUT2D eigenvalue weighted by Gasteiger charge is -2.19. The van der Waals surface area contributed by atoms with Gasteiger partial charge in [0.2, 0.25) is 0 Å². The fraction of sp³-hybridized carbons (Fsp3) is 0.688. The molecule has 0 aromatic carbocycles. The Labute approximate surface area is 137 Å². The molecule has 0 spiro atoms. The van der Waals surface area contributed by atoms with Crippen LogP contribution >= 0.6 is 0 Å². The fourth-order valence-electron chi connectivity index (χ4n) is 1.73. The standard InChI is InChI=1S/C16H27NO6/c1-3-14(2)16(18)17-12-15-13-22-9-8-20-5-4-19-6-7-21-10-11-23-15/h3,15H,1-2,4-13H2,(H,17,18). The lowest BCUT2D eigenvalue weighted by molar-refractivity contribution is -0.118. The fourth-order valence-corrected chi connectivity index (χ4v) is 1.73. The Morgan fingerprint density at radius 2 is 1.48 bits per heavy atom. The van der Waals surface area contributed by atoms with Crippen LogP contribution in [0.15, 0.2) is 24.8 Å². The van der Waals surface area contributed by atoms with Crippen LogP contribution in [-0.2, 0) is 28.5 Å². The Morgan fingerprint density at radius 1 is 0.957 bits per heavy atom. The van der Waals surface area contributed by atoms with E-state index in [4.69, 9.17) is 23.7 Å². The maximum Gasteiger partial charge on any atom is 0.250 e. The van der Waals surface area contributed by atoms with E-state index in [-0.39, 0.29) is 12.0 Å². The van der Waals surface area contributed by atoms with Crippen molar-refractivity contribution < 1.29 is 28.5 Å². The monoisotopic (exact) mass is 329 g/mol. The first-order valence-electron chi connectivity index (χ1n) is 7.76. The molecule has 0 aromatic heterocycles. The zero-order chi connectivity index (χ0) is 16.8. The van der Waals surface area contributed by atoms with Crippen LogP contribution in [0, 0.1) is 0 Å². The lowest BCUT2D eigenvalue weighted by atomic mass is 10.2. The van der Waals surface area contributed by atoms with Gasteiger partial charge in [0, 0.05) is 12.1 Å². The van der Waals surface area contributed by atoms with Crippen LogP contribution in [-0.4, -0.2) is 78.0 Å². The van der Waals surface area contributed by atoms with E-state index in [1.807, 2.05) is 0 Å². The summed E-state index contributed by atoms with van der Waals surface area (Å²) in [5.74, 6) is -0.267. The maximum atomic E-state index is 11.7. The average Bonchev–Trinajstić information content (AvgIpc) is 2.58. The smallest absolute Gasteiger partial charge is 0.250 e. The molecule has 23 heavy (non-hydrogen) atoms. The van der Waals surface area contributed by atoms with Gasteiger partial charge in [-0.2, -0.15) is 0 Å². The van der Waals surface area contributed by atoms with E-state index in [0.717, 1.165) is 0 Å². The van der Waals surface area contributed by atoms with E-state index in [2.05, 4.69) is 18.5 Å². The second-order valence-corrected chi connectivity index (χ2v) is 4.84. The minimum Gasteiger partial charge on any atom is -0.377 e. The summed E-state index contributed by atoms with van der Waals surface area (Å²) in [6.45, 7) is 11.8. The van der Waals surface area contributed by atoms with Crippen molar-refractivity contribution in [1.82, 2.24) is 5.32 Å². The molecular formula is C16H27NO6. The second-order valence-electron chi connectivity index (χ2n) is 4.84. The minimum absolute atomic E-state index is 0.262. The number of nitrogens with one attached hydrogen (secondary N) is 1. The van der Waals surface area contributed by atoms with E-state index in [9.17, 15) is 4.79 Å². The zero-order valence-corrected chi connectivity index (χ0v) is 13.6. The van der Waals surface area contributed by atoms with Crippen LogP contribution < -0.4 is 5.32 Å². The summed E-state index contributed by atoms with van der Waals surface area (Å²) in [4.78, 5) is 11.7. The Balaban J connectivity index is 2.35. The molecule has 1 saturated heterocycles. The Morgan fingerprint density at radius 3 is 2.04 bits per heavy atom. The van der Waals surface area contributed by atoms with E-state index in [1.54, 1.807) is 0 Å². The summed E-state index contributed by atoms with van der Waals surface area (Å²) in [6, 6.07) is 0. The van der Waals surface area contributed by atoms with Gasteiger partial charge in [-0.3, -0.25) is 4.79 Å². The topological polar surface area (TPSA) is 75.3 Å². The summed E-state index contributed by atoms with van der Waals surface area (Å²) < 4.78 is 27.3. The van der Waals surface area contributed by atoms with Crippen molar-refractivity contribution in [2.75, 3.05) is 66.0 Å². The van der Waals surface area contributed by atoms with Crippen LogP contribution in [0.25, 0.3) is 0 Å². The van der Waals surface area contributed by atoms with E-state index in [0.29, 0.717) is 71.6 Å². The Hall–Kier alpha value is -1.25. The lowest BCUT2D eigenvalue weighted by Crippen LogP contribution is -2.37. The number of ether oxygens (including phenoxy) is 5. The molecule has 0 radical (unpaired) electrons. The van der Waals surface area contributed by atoms with Gasteiger partial charge in [-0.25, -0.2) is 0 Å². The van der Waals surface area contributed by atoms with Crippen LogP contribution in [0.2, 0.25) is 0 Å². The van der Waals surface area contributed by atoms with Gasteiger partial charge in [0.15, 0.2) is 0 Å². The molecule has 0 aromatic rings. The van der Waals surface area contributed by atoms with Crippen LogP contribution in [0.5, 0.6) is 0 Å². The van der Waals surface area contributed by atoms with Gasteiger partial charge in [-0.15, -0.1) is 0 Å². The predicted octanol–water partition coefficient (Wildman–Crippen LogP) is 0.310. The highest BCUT2D eigenvalue weighted by molar-refractivity contribution is 5.95. The van der Waals surface area contributed by atoms with E-state index in [1.165, 1.54) is 6.08 Å². The number of carbonyl (C=O) groups excluding carboxylic acids is 1. The highest BCUT2D eigenvalue weighted by atomic mass is 16.6. The molecule has 0 aliphatic carbocycles. The van der Waals surface area contributed by atoms with Crippen molar-refractivity contribution in [3.63, 3.8) is 0 Å². The van der Waals surface area contributed by atoms with Gasteiger partial charge < -0.3 is 29.0 Å². The molecule has 1 heterocycles. The van der Waals surface area contributed by atoms with Crippen molar-refractivity contribution >= 4 is 5.91 Å². The summed E-state index contributed by atoms with van der Waals surface area (Å²) >= 11 is 0. The normalized spacial score (nSPS) is 22.3. The Kier molecular flexibility index (Phi) is 11.4. The first kappa shape index (κ1) is 19.8. The highest BCUT2D eigenvalue weighted by Gasteiger charge is 2.12. The molecule has 1 atom stereocenters. The molecule has 1 amide bonds. The molecule has 1 unspecified atom stereocenters. The maximum absolute atomic E-state index is 11.7. The molecule has 0 saturated carbocycles. The largest absolute Gasteiger partial charge is 0.377 e. The predicted molar refractivity (Wildman–Crippen MR) is 85.4 cm³/mol. The quantitative estimate of drug-likeness (QED) is 0.591. The summed E-state index contributed by atoms with van der Waals surface area (Å²) in [5.41, 5.74) is 0.319. The first-order valence-corrected chi connectivity index (χ1v) is 7.76. The van der Waals surface area contributed by atoms with Crippen molar-refractivity contribution in [3.05, 3.63) is 24.8 Å². The van der Waals surface area contributed by atoms with Crippen LogP contribution in [0.3, 0.4) is 0 Å². The molecular weight excluding hydrogens is 302 g/mol. The van der Waals surface area contributed by atoms with Gasteiger partial charge in [0.1, 0.15) is 0 Å². The molecule has 7 heteroatoms. The van der Waals surface area contributed by atoms with Gasteiger partial charge in [-0.05, 0) is 0 Å². The zero-order valence-electron chi connectivity index (χ0n) is 13.6. The molecule has 1 N–H and O–H groups in total. The average molecular weight is 329 g/mol. The van der Waals surface area contributed by atoms with Crippen LogP contribution in [0.1, 0.15) is 0 Å². The van der Waals surface area contributed by atoms with Crippen molar-refractivity contribution in [3.8, 4) is 0 Å². The Bertz CT molecular complexity index is 344. The van der Waals surface area contributed by atoms with Gasteiger partial charge >= 0.3 is 0 Å². The third kappa shape index (κ3) is 10.2. The second kappa shape index (κ2) is 13.2. The third-order valence-corrected chi connectivity index (χ3v) is 3.03. The van der Waals surface area contributed by atoms with E-state index >= 15 is 0 Å².